The van der Waals surface area contributed by atoms with E-state index in [1.807, 2.05) is 49.4 Å². The summed E-state index contributed by atoms with van der Waals surface area (Å²) in [5, 5.41) is 3.24. The van der Waals surface area contributed by atoms with Gasteiger partial charge in [0, 0.05) is 30.7 Å². The van der Waals surface area contributed by atoms with Crippen molar-refractivity contribution in [3.05, 3.63) is 82.7 Å². The molecule has 1 atom stereocenters. The third kappa shape index (κ3) is 3.52. The SMILES string of the molecule is CCn1ccnc(NC(c2ccccn2)c2ccccc2OC)c1=O. The van der Waals surface area contributed by atoms with E-state index in [0.29, 0.717) is 6.54 Å². The quantitative estimate of drug-likeness (QED) is 0.749. The molecule has 6 nitrogen and oxygen atoms in total. The van der Waals surface area contributed by atoms with Crippen LogP contribution >= 0.6 is 0 Å². The number of anilines is 1. The Bertz CT molecular complexity index is 893. The van der Waals surface area contributed by atoms with Gasteiger partial charge in [0.05, 0.1) is 18.8 Å². The zero-order valence-corrected chi connectivity index (χ0v) is 14.2. The molecule has 0 spiro atoms. The molecule has 2 aromatic heterocycles. The summed E-state index contributed by atoms with van der Waals surface area (Å²) >= 11 is 0. The van der Waals surface area contributed by atoms with Gasteiger partial charge >= 0.3 is 0 Å². The van der Waals surface area contributed by atoms with Crippen LogP contribution in [0.2, 0.25) is 0 Å². The predicted octanol–water partition coefficient (Wildman–Crippen LogP) is 2.87. The lowest BCUT2D eigenvalue weighted by Crippen LogP contribution is -2.26. The highest BCUT2D eigenvalue weighted by atomic mass is 16.5. The van der Waals surface area contributed by atoms with Crippen LogP contribution in [0, 0.1) is 0 Å². The molecular weight excluding hydrogens is 316 g/mol. The van der Waals surface area contributed by atoms with Gasteiger partial charge < -0.3 is 14.6 Å². The summed E-state index contributed by atoms with van der Waals surface area (Å²) in [6, 6.07) is 13.0. The fraction of sp³-hybridized carbons (Fsp3) is 0.211. The molecule has 0 aliphatic rings. The van der Waals surface area contributed by atoms with Crippen LogP contribution in [0.4, 0.5) is 5.82 Å². The van der Waals surface area contributed by atoms with Crippen LogP contribution in [0.1, 0.15) is 24.2 Å². The zero-order chi connectivity index (χ0) is 17.6. The van der Waals surface area contributed by atoms with Gasteiger partial charge in [0.2, 0.25) is 0 Å². The van der Waals surface area contributed by atoms with Gasteiger partial charge in [-0.25, -0.2) is 4.98 Å². The molecule has 3 rings (SSSR count). The minimum Gasteiger partial charge on any atom is -0.496 e. The van der Waals surface area contributed by atoms with Crippen molar-refractivity contribution >= 4 is 5.82 Å². The number of hydrogen-bond acceptors (Lipinski definition) is 5. The lowest BCUT2D eigenvalue weighted by molar-refractivity contribution is 0.408. The molecule has 1 unspecified atom stereocenters. The highest BCUT2D eigenvalue weighted by Crippen LogP contribution is 2.30. The summed E-state index contributed by atoms with van der Waals surface area (Å²) in [7, 11) is 1.62. The first-order valence-corrected chi connectivity index (χ1v) is 8.10. The first-order valence-electron chi connectivity index (χ1n) is 8.10. The maximum Gasteiger partial charge on any atom is 0.293 e. The van der Waals surface area contributed by atoms with Crippen molar-refractivity contribution in [2.24, 2.45) is 0 Å². The van der Waals surface area contributed by atoms with E-state index in [9.17, 15) is 4.79 Å². The Labute approximate surface area is 146 Å². The lowest BCUT2D eigenvalue weighted by Gasteiger charge is -2.21. The molecule has 128 valence electrons. The fourth-order valence-electron chi connectivity index (χ4n) is 2.69. The van der Waals surface area contributed by atoms with E-state index in [1.165, 1.54) is 0 Å². The van der Waals surface area contributed by atoms with Gasteiger partial charge in [0.15, 0.2) is 5.82 Å². The standard InChI is InChI=1S/C19H20N4O2/c1-3-23-13-12-21-18(19(23)24)22-17(15-9-6-7-11-20-15)14-8-4-5-10-16(14)25-2/h4-13,17H,3H2,1-2H3,(H,21,22). The molecule has 0 saturated carbocycles. The summed E-state index contributed by atoms with van der Waals surface area (Å²) in [5.41, 5.74) is 1.50. The van der Waals surface area contributed by atoms with E-state index >= 15 is 0 Å². The maximum atomic E-state index is 12.5. The molecule has 1 N–H and O–H groups in total. The molecule has 0 saturated heterocycles. The highest BCUT2D eigenvalue weighted by molar-refractivity contribution is 5.46. The number of nitrogens with one attached hydrogen (secondary N) is 1. The number of hydrogen-bond donors (Lipinski definition) is 1. The molecule has 3 aromatic rings. The van der Waals surface area contributed by atoms with E-state index in [1.54, 1.807) is 30.3 Å². The predicted molar refractivity (Wildman–Crippen MR) is 96.9 cm³/mol. The molecule has 0 aliphatic carbocycles. The molecule has 0 aliphatic heterocycles. The monoisotopic (exact) mass is 336 g/mol. The number of nitrogens with zero attached hydrogens (tertiary/aromatic N) is 3. The summed E-state index contributed by atoms with van der Waals surface area (Å²) in [6.07, 6.45) is 5.01. The van der Waals surface area contributed by atoms with Crippen LogP contribution in [-0.2, 0) is 6.54 Å². The number of rotatable bonds is 6. The number of pyridine rings is 1. The van der Waals surface area contributed by atoms with Crippen LogP contribution < -0.4 is 15.6 Å². The second-order valence-corrected chi connectivity index (χ2v) is 5.44. The Hall–Kier alpha value is -3.15. The molecule has 0 fully saturated rings. The first-order chi connectivity index (χ1) is 12.2. The van der Waals surface area contributed by atoms with E-state index < -0.39 is 0 Å². The van der Waals surface area contributed by atoms with Gasteiger partial charge in [-0.15, -0.1) is 0 Å². The third-order valence-corrected chi connectivity index (χ3v) is 3.97. The van der Waals surface area contributed by atoms with Gasteiger partial charge in [-0.1, -0.05) is 24.3 Å². The molecule has 1 aromatic carbocycles. The molecule has 6 heteroatoms. The molecule has 0 radical (unpaired) electrons. The maximum absolute atomic E-state index is 12.5. The number of benzene rings is 1. The van der Waals surface area contributed by atoms with Crippen LogP contribution in [0.3, 0.4) is 0 Å². The van der Waals surface area contributed by atoms with Gasteiger partial charge in [-0.3, -0.25) is 9.78 Å². The highest BCUT2D eigenvalue weighted by Gasteiger charge is 2.21. The molecule has 0 bridgehead atoms. The number of ether oxygens (including phenoxy) is 1. The van der Waals surface area contributed by atoms with Gasteiger partial charge in [-0.2, -0.15) is 0 Å². The number of aryl methyl sites for hydroxylation is 1. The summed E-state index contributed by atoms with van der Waals surface area (Å²) in [4.78, 5) is 21.2. The van der Waals surface area contributed by atoms with Crippen molar-refractivity contribution in [2.75, 3.05) is 12.4 Å². The summed E-state index contributed by atoms with van der Waals surface area (Å²) in [5.74, 6) is 1.00. The van der Waals surface area contributed by atoms with E-state index in [-0.39, 0.29) is 17.4 Å². The van der Waals surface area contributed by atoms with Crippen molar-refractivity contribution < 1.29 is 4.74 Å². The molecule has 0 amide bonds. The second-order valence-electron chi connectivity index (χ2n) is 5.44. The Balaban J connectivity index is 2.09. The van der Waals surface area contributed by atoms with Crippen molar-refractivity contribution in [3.8, 4) is 5.75 Å². The normalized spacial score (nSPS) is 11.8. The molecule has 25 heavy (non-hydrogen) atoms. The van der Waals surface area contributed by atoms with E-state index in [2.05, 4.69) is 15.3 Å². The Morgan fingerprint density at radius 1 is 1.12 bits per heavy atom. The average molecular weight is 336 g/mol. The molecular formula is C19H20N4O2. The zero-order valence-electron chi connectivity index (χ0n) is 14.2. The number of para-hydroxylation sites is 1. The van der Waals surface area contributed by atoms with Crippen LogP contribution in [0.25, 0.3) is 0 Å². The van der Waals surface area contributed by atoms with Crippen molar-refractivity contribution in [1.29, 1.82) is 0 Å². The van der Waals surface area contributed by atoms with Gasteiger partial charge in [0.1, 0.15) is 5.75 Å². The average Bonchev–Trinajstić information content (AvgIpc) is 2.68. The van der Waals surface area contributed by atoms with Crippen molar-refractivity contribution in [3.63, 3.8) is 0 Å². The van der Waals surface area contributed by atoms with Crippen LogP contribution in [0.5, 0.6) is 5.75 Å². The van der Waals surface area contributed by atoms with E-state index in [4.69, 9.17) is 4.74 Å². The number of aromatic nitrogens is 3. The largest absolute Gasteiger partial charge is 0.496 e. The fourth-order valence-corrected chi connectivity index (χ4v) is 2.69. The second kappa shape index (κ2) is 7.61. The minimum absolute atomic E-state index is 0.166. The van der Waals surface area contributed by atoms with E-state index in [0.717, 1.165) is 17.0 Å². The van der Waals surface area contributed by atoms with Gasteiger partial charge in [0.25, 0.3) is 5.56 Å². The minimum atomic E-state index is -0.356. The van der Waals surface area contributed by atoms with Crippen LogP contribution in [-0.4, -0.2) is 21.6 Å². The lowest BCUT2D eigenvalue weighted by atomic mass is 10.0. The number of methoxy groups -OCH3 is 1. The van der Waals surface area contributed by atoms with Crippen LogP contribution in [0.15, 0.2) is 65.8 Å². The van der Waals surface area contributed by atoms with Crippen molar-refractivity contribution in [2.45, 2.75) is 19.5 Å². The Kier molecular flexibility index (Phi) is 5.09. The Morgan fingerprint density at radius 2 is 1.92 bits per heavy atom. The Morgan fingerprint density at radius 3 is 2.64 bits per heavy atom. The molecule has 2 heterocycles. The van der Waals surface area contributed by atoms with Gasteiger partial charge in [-0.05, 0) is 25.1 Å². The first kappa shape index (κ1) is 16.7. The smallest absolute Gasteiger partial charge is 0.293 e. The topological polar surface area (TPSA) is 69.0 Å². The third-order valence-electron chi connectivity index (χ3n) is 3.97. The van der Waals surface area contributed by atoms with Crippen molar-refractivity contribution in [1.82, 2.24) is 14.5 Å². The summed E-state index contributed by atoms with van der Waals surface area (Å²) < 4.78 is 7.09. The summed E-state index contributed by atoms with van der Waals surface area (Å²) in [6.45, 7) is 2.50.